The molecule has 0 saturated heterocycles. The van der Waals surface area contributed by atoms with Crippen molar-refractivity contribution < 1.29 is 0 Å². The van der Waals surface area contributed by atoms with Crippen LogP contribution in [0, 0.1) is 6.92 Å². The lowest BCUT2D eigenvalue weighted by atomic mass is 10.2. The lowest BCUT2D eigenvalue weighted by Gasteiger charge is -2.03. The monoisotopic (exact) mass is 202 g/mol. The van der Waals surface area contributed by atoms with E-state index in [4.69, 9.17) is 23.2 Å². The van der Waals surface area contributed by atoms with Gasteiger partial charge in [-0.25, -0.2) is 0 Å². The van der Waals surface area contributed by atoms with Crippen molar-refractivity contribution >= 4 is 37.9 Å². The molecule has 0 nitrogen and oxygen atoms in total. The fourth-order valence-electron chi connectivity index (χ4n) is 0.852. The molecule has 0 saturated carbocycles. The quantitative estimate of drug-likeness (QED) is 0.510. The Morgan fingerprint density at radius 3 is 2.45 bits per heavy atom. The highest BCUT2D eigenvalue weighted by atomic mass is 35.5. The Kier molecular flexibility index (Phi) is 3.43. The molecule has 2 radical (unpaired) electrons. The summed E-state index contributed by atoms with van der Waals surface area (Å²) < 4.78 is -0.268. The Morgan fingerprint density at radius 2 is 1.91 bits per heavy atom. The number of aryl methyl sites for hydroxylation is 1. The van der Waals surface area contributed by atoms with E-state index in [0.717, 1.165) is 0 Å². The molecule has 58 valence electrons. The zero-order chi connectivity index (χ0) is 8.27. The standard InChI is InChI=1S/C8H8Cl2Si/c1-6-4-2-3-5-7(6)11-8(9)10/h2-5,8H,1H3. The topological polar surface area (TPSA) is 0 Å². The van der Waals surface area contributed by atoms with E-state index in [-0.39, 0.29) is 4.46 Å². The molecule has 0 N–H and O–H groups in total. The molecule has 0 aliphatic carbocycles. The van der Waals surface area contributed by atoms with Gasteiger partial charge in [0.1, 0.15) is 9.52 Å². The minimum Gasteiger partial charge on any atom is -0.110 e. The van der Waals surface area contributed by atoms with E-state index in [1.165, 1.54) is 10.8 Å². The van der Waals surface area contributed by atoms with Gasteiger partial charge in [-0.3, -0.25) is 0 Å². The van der Waals surface area contributed by atoms with Crippen molar-refractivity contribution in [1.82, 2.24) is 0 Å². The van der Waals surface area contributed by atoms with Crippen molar-refractivity contribution in [2.45, 2.75) is 11.4 Å². The van der Waals surface area contributed by atoms with Crippen molar-refractivity contribution in [2.75, 3.05) is 0 Å². The molecule has 0 spiro atoms. The van der Waals surface area contributed by atoms with Crippen molar-refractivity contribution in [3.8, 4) is 0 Å². The van der Waals surface area contributed by atoms with Crippen LogP contribution in [0.25, 0.3) is 0 Å². The Balaban J connectivity index is 2.78. The van der Waals surface area contributed by atoms with E-state index in [0.29, 0.717) is 9.52 Å². The van der Waals surface area contributed by atoms with Gasteiger partial charge >= 0.3 is 0 Å². The molecule has 0 fully saturated rings. The molecule has 1 aromatic rings. The Morgan fingerprint density at radius 1 is 1.27 bits per heavy atom. The third-order valence-electron chi connectivity index (χ3n) is 1.41. The minimum atomic E-state index is -0.268. The van der Waals surface area contributed by atoms with Gasteiger partial charge in [-0.15, -0.1) is 23.2 Å². The molecule has 0 heterocycles. The first-order valence-corrected chi connectivity index (χ1v) is 5.25. The van der Waals surface area contributed by atoms with Gasteiger partial charge < -0.3 is 0 Å². The summed E-state index contributed by atoms with van der Waals surface area (Å²) >= 11 is 11.3. The zero-order valence-electron chi connectivity index (χ0n) is 6.14. The number of rotatable bonds is 2. The zero-order valence-corrected chi connectivity index (χ0v) is 8.65. The van der Waals surface area contributed by atoms with Crippen molar-refractivity contribution in [2.24, 2.45) is 0 Å². The van der Waals surface area contributed by atoms with Crippen LogP contribution in [0.15, 0.2) is 24.3 Å². The van der Waals surface area contributed by atoms with E-state index < -0.39 is 0 Å². The van der Waals surface area contributed by atoms with Gasteiger partial charge in [-0.1, -0.05) is 35.0 Å². The minimum absolute atomic E-state index is 0.268. The van der Waals surface area contributed by atoms with E-state index in [2.05, 4.69) is 19.1 Å². The summed E-state index contributed by atoms with van der Waals surface area (Å²) in [6, 6.07) is 8.15. The highest BCUT2D eigenvalue weighted by molar-refractivity contribution is 6.76. The summed E-state index contributed by atoms with van der Waals surface area (Å²) in [5, 5.41) is 1.25. The summed E-state index contributed by atoms with van der Waals surface area (Å²) in [6.07, 6.45) is 0. The third-order valence-corrected chi connectivity index (χ3v) is 3.15. The van der Waals surface area contributed by atoms with Crippen molar-refractivity contribution in [3.63, 3.8) is 0 Å². The molecule has 0 amide bonds. The molecule has 0 aliphatic rings. The smallest absolute Gasteiger partial charge is 0.110 e. The van der Waals surface area contributed by atoms with Crippen LogP contribution in [-0.4, -0.2) is 14.0 Å². The fourth-order valence-corrected chi connectivity index (χ4v) is 2.30. The van der Waals surface area contributed by atoms with E-state index in [9.17, 15) is 0 Å². The van der Waals surface area contributed by atoms with Crippen LogP contribution in [0.4, 0.5) is 0 Å². The van der Waals surface area contributed by atoms with Crippen LogP contribution in [0.5, 0.6) is 0 Å². The normalized spacial score (nSPS) is 10.5. The Labute approximate surface area is 79.3 Å². The van der Waals surface area contributed by atoms with Crippen LogP contribution in [0.3, 0.4) is 0 Å². The number of halogens is 2. The van der Waals surface area contributed by atoms with Gasteiger partial charge in [0.25, 0.3) is 0 Å². The molecule has 0 bridgehead atoms. The summed E-state index contributed by atoms with van der Waals surface area (Å²) in [5.74, 6) is 0. The third kappa shape index (κ3) is 2.85. The molecular formula is C8H8Cl2Si. The van der Waals surface area contributed by atoms with E-state index >= 15 is 0 Å². The highest BCUT2D eigenvalue weighted by Crippen LogP contribution is 2.00. The van der Waals surface area contributed by atoms with E-state index in [1.807, 2.05) is 12.1 Å². The molecule has 0 aliphatic heterocycles. The molecule has 1 rings (SSSR count). The maximum absolute atomic E-state index is 5.66. The van der Waals surface area contributed by atoms with Gasteiger partial charge in [0, 0.05) is 0 Å². The number of benzene rings is 1. The largest absolute Gasteiger partial charge is 0.124 e. The molecular weight excluding hydrogens is 195 g/mol. The van der Waals surface area contributed by atoms with Gasteiger partial charge in [0.15, 0.2) is 0 Å². The molecule has 0 atom stereocenters. The van der Waals surface area contributed by atoms with Gasteiger partial charge in [-0.05, 0) is 6.92 Å². The molecule has 11 heavy (non-hydrogen) atoms. The SMILES string of the molecule is Cc1ccccc1[Si]C(Cl)Cl. The Bertz CT molecular complexity index is 235. The molecule has 0 aromatic heterocycles. The predicted octanol–water partition coefficient (Wildman–Crippen LogP) is 2.09. The number of alkyl halides is 2. The second-order valence-electron chi connectivity index (χ2n) is 2.26. The first-order chi connectivity index (χ1) is 5.20. The second kappa shape index (κ2) is 4.15. The van der Waals surface area contributed by atoms with Crippen LogP contribution < -0.4 is 5.19 Å². The van der Waals surface area contributed by atoms with Crippen LogP contribution in [0.2, 0.25) is 0 Å². The molecule has 1 aromatic carbocycles. The van der Waals surface area contributed by atoms with Gasteiger partial charge in [0.05, 0.1) is 4.46 Å². The highest BCUT2D eigenvalue weighted by Gasteiger charge is 2.04. The predicted molar refractivity (Wildman–Crippen MR) is 52.1 cm³/mol. The first-order valence-electron chi connectivity index (χ1n) is 3.30. The number of hydrogen-bond donors (Lipinski definition) is 0. The second-order valence-corrected chi connectivity index (χ2v) is 5.49. The lowest BCUT2D eigenvalue weighted by molar-refractivity contribution is 1.51. The maximum atomic E-state index is 5.66. The van der Waals surface area contributed by atoms with E-state index in [1.54, 1.807) is 0 Å². The Hall–Kier alpha value is 0.0169. The van der Waals surface area contributed by atoms with Crippen LogP contribution in [0.1, 0.15) is 5.56 Å². The number of hydrogen-bond acceptors (Lipinski definition) is 0. The van der Waals surface area contributed by atoms with Gasteiger partial charge in [-0.2, -0.15) is 0 Å². The lowest BCUT2D eigenvalue weighted by Crippen LogP contribution is -2.22. The summed E-state index contributed by atoms with van der Waals surface area (Å²) in [6.45, 7) is 2.07. The summed E-state index contributed by atoms with van der Waals surface area (Å²) in [7, 11) is 0.491. The summed E-state index contributed by atoms with van der Waals surface area (Å²) in [5.41, 5.74) is 1.26. The van der Waals surface area contributed by atoms with Gasteiger partial charge in [0.2, 0.25) is 0 Å². The maximum Gasteiger partial charge on any atom is 0.124 e. The molecule has 3 heteroatoms. The van der Waals surface area contributed by atoms with Crippen molar-refractivity contribution in [1.29, 1.82) is 0 Å². The van der Waals surface area contributed by atoms with Crippen molar-refractivity contribution in [3.05, 3.63) is 29.8 Å². The average Bonchev–Trinajstić information content (AvgIpc) is 1.93. The van der Waals surface area contributed by atoms with Crippen LogP contribution >= 0.6 is 23.2 Å². The average molecular weight is 203 g/mol. The molecule has 0 unspecified atom stereocenters. The fraction of sp³-hybridized carbons (Fsp3) is 0.250. The summed E-state index contributed by atoms with van der Waals surface area (Å²) in [4.78, 5) is 0. The van der Waals surface area contributed by atoms with Crippen LogP contribution in [-0.2, 0) is 0 Å². The first kappa shape index (κ1) is 9.11.